The van der Waals surface area contributed by atoms with Crippen LogP contribution >= 0.6 is 11.6 Å². The molecule has 1 aromatic carbocycles. The lowest BCUT2D eigenvalue weighted by Crippen LogP contribution is -2.26. The molecule has 4 heteroatoms. The van der Waals surface area contributed by atoms with Crippen LogP contribution in [0.1, 0.15) is 31.9 Å². The quantitative estimate of drug-likeness (QED) is 0.797. The fraction of sp³-hybridized carbons (Fsp3) is 0.600. The first-order valence-corrected chi connectivity index (χ1v) is 7.10. The number of likely N-dealkylation sites (N-methyl/N-ethyl adjacent to an activating group) is 1. The third-order valence-electron chi connectivity index (χ3n) is 2.94. The summed E-state index contributed by atoms with van der Waals surface area (Å²) >= 11 is 5.91. The summed E-state index contributed by atoms with van der Waals surface area (Å²) in [5.41, 5.74) is 0.874. The number of ether oxygens (including phenoxy) is 1. The zero-order valence-electron chi connectivity index (χ0n) is 12.0. The van der Waals surface area contributed by atoms with E-state index in [1.807, 2.05) is 45.2 Å². The first kappa shape index (κ1) is 16.4. The van der Waals surface area contributed by atoms with Crippen molar-refractivity contribution in [3.05, 3.63) is 34.9 Å². The first-order valence-electron chi connectivity index (χ1n) is 6.72. The fourth-order valence-corrected chi connectivity index (χ4v) is 1.98. The maximum atomic E-state index is 10.1. The van der Waals surface area contributed by atoms with E-state index in [1.54, 1.807) is 0 Å². The van der Waals surface area contributed by atoms with Crippen molar-refractivity contribution in [3.63, 3.8) is 0 Å². The van der Waals surface area contributed by atoms with E-state index < -0.39 is 6.10 Å². The summed E-state index contributed by atoms with van der Waals surface area (Å²) in [6.07, 6.45) is 0.496. The molecule has 0 aromatic heterocycles. The summed E-state index contributed by atoms with van der Waals surface area (Å²) in [6, 6.07) is 7.39. The molecule has 0 aliphatic carbocycles. The summed E-state index contributed by atoms with van der Waals surface area (Å²) in [4.78, 5) is 2.16. The largest absolute Gasteiger partial charge is 0.388 e. The molecule has 3 nitrogen and oxygen atoms in total. The molecule has 1 rings (SSSR count). The van der Waals surface area contributed by atoms with Crippen LogP contribution in [0.15, 0.2) is 24.3 Å². The van der Waals surface area contributed by atoms with Crippen molar-refractivity contribution in [1.82, 2.24) is 4.90 Å². The second kappa shape index (κ2) is 8.54. The lowest BCUT2D eigenvalue weighted by atomic mass is 10.1. The van der Waals surface area contributed by atoms with Crippen molar-refractivity contribution < 1.29 is 9.84 Å². The minimum Gasteiger partial charge on any atom is -0.388 e. The monoisotopic (exact) mass is 285 g/mol. The molecule has 1 atom stereocenters. The van der Waals surface area contributed by atoms with Crippen molar-refractivity contribution in [2.75, 3.05) is 26.7 Å². The van der Waals surface area contributed by atoms with Crippen molar-refractivity contribution in [3.8, 4) is 0 Å². The van der Waals surface area contributed by atoms with Gasteiger partial charge in [-0.25, -0.2) is 0 Å². The van der Waals surface area contributed by atoms with Crippen molar-refractivity contribution >= 4 is 11.6 Å². The van der Waals surface area contributed by atoms with Gasteiger partial charge in [-0.05, 0) is 45.0 Å². The molecule has 0 aliphatic heterocycles. The summed E-state index contributed by atoms with van der Waals surface area (Å²) < 4.78 is 5.50. The Morgan fingerprint density at radius 1 is 1.32 bits per heavy atom. The molecule has 0 radical (unpaired) electrons. The van der Waals surface area contributed by atoms with Gasteiger partial charge < -0.3 is 14.7 Å². The Labute approximate surface area is 121 Å². The van der Waals surface area contributed by atoms with E-state index in [9.17, 15) is 5.11 Å². The Hall–Kier alpha value is -0.610. The van der Waals surface area contributed by atoms with Crippen LogP contribution in [0.3, 0.4) is 0 Å². The molecule has 0 aliphatic rings. The molecule has 1 aromatic rings. The van der Waals surface area contributed by atoms with Crippen LogP contribution in [0, 0.1) is 0 Å². The van der Waals surface area contributed by atoms with Gasteiger partial charge in [0, 0.05) is 18.1 Å². The number of hydrogen-bond acceptors (Lipinski definition) is 3. The second-order valence-corrected chi connectivity index (χ2v) is 5.52. The van der Waals surface area contributed by atoms with Crippen LogP contribution in [0.2, 0.25) is 5.02 Å². The number of benzene rings is 1. The van der Waals surface area contributed by atoms with E-state index in [0.29, 0.717) is 11.4 Å². The number of halogens is 1. The normalized spacial score (nSPS) is 13.2. The third-order valence-corrected chi connectivity index (χ3v) is 3.18. The van der Waals surface area contributed by atoms with Crippen LogP contribution in [-0.4, -0.2) is 42.9 Å². The van der Waals surface area contributed by atoms with E-state index in [4.69, 9.17) is 16.3 Å². The summed E-state index contributed by atoms with van der Waals surface area (Å²) in [5, 5.41) is 10.8. The standard InChI is InChI=1S/C15H24ClNO2/c1-12(2)19-10-9-17(3)8-7-15(18)13-5-4-6-14(16)11-13/h4-6,11-12,15,18H,7-10H2,1-3H3. The summed E-state index contributed by atoms with van der Waals surface area (Å²) in [5.74, 6) is 0. The van der Waals surface area contributed by atoms with Crippen molar-refractivity contribution in [1.29, 1.82) is 0 Å². The van der Waals surface area contributed by atoms with E-state index in [-0.39, 0.29) is 6.10 Å². The van der Waals surface area contributed by atoms with Crippen molar-refractivity contribution in [2.24, 2.45) is 0 Å². The molecule has 1 N–H and O–H groups in total. The Balaban J connectivity index is 2.27. The van der Waals surface area contributed by atoms with Gasteiger partial charge in [0.05, 0.1) is 18.8 Å². The molecule has 0 heterocycles. The zero-order chi connectivity index (χ0) is 14.3. The van der Waals surface area contributed by atoms with E-state index in [0.717, 1.165) is 25.3 Å². The van der Waals surface area contributed by atoms with Gasteiger partial charge in [0.2, 0.25) is 0 Å². The van der Waals surface area contributed by atoms with Crippen LogP contribution in [0.4, 0.5) is 0 Å². The van der Waals surface area contributed by atoms with Gasteiger partial charge in [-0.3, -0.25) is 0 Å². The number of aliphatic hydroxyl groups is 1. The Bertz CT molecular complexity index is 371. The molecule has 19 heavy (non-hydrogen) atoms. The maximum Gasteiger partial charge on any atom is 0.0802 e. The van der Waals surface area contributed by atoms with Gasteiger partial charge in [-0.2, -0.15) is 0 Å². The van der Waals surface area contributed by atoms with E-state index in [1.165, 1.54) is 0 Å². The lowest BCUT2D eigenvalue weighted by Gasteiger charge is -2.19. The topological polar surface area (TPSA) is 32.7 Å². The van der Waals surface area contributed by atoms with E-state index in [2.05, 4.69) is 4.90 Å². The molecule has 0 spiro atoms. The molecular weight excluding hydrogens is 262 g/mol. The minimum absolute atomic E-state index is 0.269. The molecule has 0 saturated heterocycles. The third kappa shape index (κ3) is 6.92. The summed E-state index contributed by atoms with van der Waals surface area (Å²) in [7, 11) is 2.04. The highest BCUT2D eigenvalue weighted by Gasteiger charge is 2.09. The SMILES string of the molecule is CC(C)OCCN(C)CCC(O)c1cccc(Cl)c1. The van der Waals surface area contributed by atoms with Crippen LogP contribution in [0.5, 0.6) is 0 Å². The molecular formula is C15H24ClNO2. The van der Waals surface area contributed by atoms with Crippen LogP contribution < -0.4 is 0 Å². The number of nitrogens with zero attached hydrogens (tertiary/aromatic N) is 1. The predicted molar refractivity (Wildman–Crippen MR) is 79.6 cm³/mol. The highest BCUT2D eigenvalue weighted by atomic mass is 35.5. The van der Waals surface area contributed by atoms with Gasteiger partial charge in [-0.1, -0.05) is 23.7 Å². The average Bonchev–Trinajstić information content (AvgIpc) is 2.35. The second-order valence-electron chi connectivity index (χ2n) is 5.08. The predicted octanol–water partition coefficient (Wildman–Crippen LogP) is 3.12. The smallest absolute Gasteiger partial charge is 0.0802 e. The number of hydrogen-bond donors (Lipinski definition) is 1. The average molecular weight is 286 g/mol. The van der Waals surface area contributed by atoms with Crippen molar-refractivity contribution in [2.45, 2.75) is 32.5 Å². The molecule has 108 valence electrons. The first-order chi connectivity index (χ1) is 8.99. The highest BCUT2D eigenvalue weighted by Crippen LogP contribution is 2.20. The minimum atomic E-state index is -0.466. The van der Waals surface area contributed by atoms with Gasteiger partial charge in [0.15, 0.2) is 0 Å². The molecule has 0 amide bonds. The van der Waals surface area contributed by atoms with E-state index >= 15 is 0 Å². The van der Waals surface area contributed by atoms with Gasteiger partial charge in [-0.15, -0.1) is 0 Å². The van der Waals surface area contributed by atoms with Crippen LogP contribution in [0.25, 0.3) is 0 Å². The van der Waals surface area contributed by atoms with Gasteiger partial charge >= 0.3 is 0 Å². The summed E-state index contributed by atoms with van der Waals surface area (Å²) in [6.45, 7) is 6.49. The molecule has 1 unspecified atom stereocenters. The molecule has 0 saturated carbocycles. The molecule has 0 bridgehead atoms. The zero-order valence-corrected chi connectivity index (χ0v) is 12.7. The number of rotatable bonds is 8. The maximum absolute atomic E-state index is 10.1. The number of aliphatic hydroxyl groups excluding tert-OH is 1. The molecule has 0 fully saturated rings. The highest BCUT2D eigenvalue weighted by molar-refractivity contribution is 6.30. The van der Waals surface area contributed by atoms with Crippen LogP contribution in [-0.2, 0) is 4.74 Å². The Kier molecular flexibility index (Phi) is 7.39. The van der Waals surface area contributed by atoms with Gasteiger partial charge in [0.1, 0.15) is 0 Å². The Morgan fingerprint density at radius 2 is 2.05 bits per heavy atom. The van der Waals surface area contributed by atoms with Gasteiger partial charge in [0.25, 0.3) is 0 Å². The Morgan fingerprint density at radius 3 is 2.68 bits per heavy atom. The fourth-order valence-electron chi connectivity index (χ4n) is 1.78. The lowest BCUT2D eigenvalue weighted by molar-refractivity contribution is 0.0601.